The van der Waals surface area contributed by atoms with Gasteiger partial charge in [0.2, 0.25) is 16.0 Å². The Kier molecular flexibility index (Phi) is 8.09. The molecule has 1 aromatic heterocycles. The van der Waals surface area contributed by atoms with E-state index >= 15 is 0 Å². The molecule has 226 valence electrons. The molecule has 11 nitrogen and oxygen atoms in total. The number of halogens is 1. The Morgan fingerprint density at radius 2 is 1.79 bits per heavy atom. The number of nitrogens with one attached hydrogen (secondary N) is 2. The van der Waals surface area contributed by atoms with Gasteiger partial charge in [-0.25, -0.2) is 13.4 Å². The number of hydrogen-bond donors (Lipinski definition) is 2. The standard InChI is InChI=1S/C29H39ClN8O3S/c1-35-15-17-38(18-16-35)21-11-13-37(14-12-21)22-9-10-25(27(19-22)41-3)33-29-31-20-23(30)28(34-29)32-24-7-5-6-8-26(24)36(2)42(4,39)40/h5-10,19-21H,11-18H2,1-4H3,(H2,31,32,33,34)/i1D3. The van der Waals surface area contributed by atoms with Crippen LogP contribution in [-0.2, 0) is 10.0 Å². The van der Waals surface area contributed by atoms with Crippen molar-refractivity contribution < 1.29 is 17.3 Å². The maximum atomic E-state index is 12.2. The van der Waals surface area contributed by atoms with Crippen LogP contribution in [0.2, 0.25) is 5.02 Å². The lowest BCUT2D eigenvalue weighted by Gasteiger charge is -2.42. The van der Waals surface area contributed by atoms with Crippen LogP contribution in [0.1, 0.15) is 17.0 Å². The predicted octanol–water partition coefficient (Wildman–Crippen LogP) is 4.24. The van der Waals surface area contributed by atoms with E-state index in [4.69, 9.17) is 20.5 Å². The number of nitrogens with zero attached hydrogens (tertiary/aromatic N) is 6. The van der Waals surface area contributed by atoms with E-state index < -0.39 is 17.0 Å². The fourth-order valence-electron chi connectivity index (χ4n) is 5.35. The Bertz CT molecular complexity index is 1600. The van der Waals surface area contributed by atoms with E-state index in [1.807, 2.05) is 18.2 Å². The third kappa shape index (κ3) is 7.00. The second-order valence-corrected chi connectivity index (χ2v) is 12.9. The highest BCUT2D eigenvalue weighted by Gasteiger charge is 2.27. The van der Waals surface area contributed by atoms with Gasteiger partial charge in [0, 0.05) is 68.2 Å². The highest BCUT2D eigenvalue weighted by atomic mass is 35.5. The van der Waals surface area contributed by atoms with E-state index in [2.05, 4.69) is 30.4 Å². The molecule has 2 aromatic carbocycles. The average molecular weight is 618 g/mol. The summed E-state index contributed by atoms with van der Waals surface area (Å²) in [5, 5.41) is 6.62. The lowest BCUT2D eigenvalue weighted by Crippen LogP contribution is -2.52. The molecular weight excluding hydrogens is 576 g/mol. The Balaban J connectivity index is 1.24. The molecule has 0 unspecified atom stereocenters. The number of para-hydroxylation sites is 2. The summed E-state index contributed by atoms with van der Waals surface area (Å²) in [6.45, 7) is 2.49. The quantitative estimate of drug-likeness (QED) is 0.362. The van der Waals surface area contributed by atoms with Gasteiger partial charge in [-0.3, -0.25) is 9.21 Å². The largest absolute Gasteiger partial charge is 0.494 e. The van der Waals surface area contributed by atoms with E-state index in [1.165, 1.54) is 17.5 Å². The number of aromatic nitrogens is 2. The predicted molar refractivity (Wildman–Crippen MR) is 171 cm³/mol. The van der Waals surface area contributed by atoms with Crippen molar-refractivity contribution in [2.24, 2.45) is 0 Å². The van der Waals surface area contributed by atoms with E-state index in [0.717, 1.165) is 51.0 Å². The SMILES string of the molecule is [2H]C([2H])([2H])N1CCN(C2CCN(c3ccc(Nc4ncc(Cl)c(Nc5ccccc5N(C)S(C)(=O)=O)n4)c(OC)c3)CC2)CC1. The summed E-state index contributed by atoms with van der Waals surface area (Å²) in [6, 6.07) is 13.4. The molecule has 0 bridgehead atoms. The van der Waals surface area contributed by atoms with Crippen molar-refractivity contribution in [3.63, 3.8) is 0 Å². The molecule has 0 saturated carbocycles. The normalized spacial score (nSPS) is 18.6. The highest BCUT2D eigenvalue weighted by molar-refractivity contribution is 7.92. The molecule has 3 aromatic rings. The van der Waals surface area contributed by atoms with Gasteiger partial charge >= 0.3 is 0 Å². The van der Waals surface area contributed by atoms with Gasteiger partial charge in [0.15, 0.2) is 5.82 Å². The second kappa shape index (κ2) is 12.9. The van der Waals surface area contributed by atoms with E-state index in [0.29, 0.717) is 47.8 Å². The molecule has 3 heterocycles. The summed E-state index contributed by atoms with van der Waals surface area (Å²) in [7, 11) is -0.394. The summed E-state index contributed by atoms with van der Waals surface area (Å²) in [6.07, 6.45) is 4.62. The van der Waals surface area contributed by atoms with Crippen LogP contribution < -0.4 is 24.6 Å². The van der Waals surface area contributed by atoms with Crippen LogP contribution in [0.4, 0.5) is 34.5 Å². The zero-order chi connectivity index (χ0) is 32.4. The highest BCUT2D eigenvalue weighted by Crippen LogP contribution is 2.35. The zero-order valence-electron chi connectivity index (χ0n) is 27.0. The molecule has 0 spiro atoms. The van der Waals surface area contributed by atoms with Crippen LogP contribution >= 0.6 is 11.6 Å². The minimum atomic E-state index is -3.49. The minimum Gasteiger partial charge on any atom is -0.494 e. The molecule has 0 radical (unpaired) electrons. The van der Waals surface area contributed by atoms with Gasteiger partial charge in [-0.05, 0) is 44.1 Å². The number of anilines is 6. The van der Waals surface area contributed by atoms with Crippen molar-refractivity contribution in [2.45, 2.75) is 18.9 Å². The van der Waals surface area contributed by atoms with Crippen molar-refractivity contribution in [1.82, 2.24) is 19.8 Å². The Hall–Kier alpha value is -3.32. The monoisotopic (exact) mass is 617 g/mol. The van der Waals surface area contributed by atoms with Crippen molar-refractivity contribution >= 4 is 56.1 Å². The van der Waals surface area contributed by atoms with Crippen LogP contribution in [0.25, 0.3) is 0 Å². The Morgan fingerprint density at radius 3 is 2.48 bits per heavy atom. The van der Waals surface area contributed by atoms with E-state index in [1.54, 1.807) is 36.3 Å². The number of likely N-dealkylation sites (N-methyl/N-ethyl adjacent to an activating group) is 1. The lowest BCUT2D eigenvalue weighted by atomic mass is 10.0. The van der Waals surface area contributed by atoms with Crippen molar-refractivity contribution in [2.75, 3.05) is 86.5 Å². The van der Waals surface area contributed by atoms with E-state index in [9.17, 15) is 8.42 Å². The summed E-state index contributed by atoms with van der Waals surface area (Å²) in [5.41, 5.74) is 2.69. The van der Waals surface area contributed by atoms with Crippen molar-refractivity contribution in [1.29, 1.82) is 0 Å². The molecule has 2 N–H and O–H groups in total. The van der Waals surface area contributed by atoms with E-state index in [-0.39, 0.29) is 11.0 Å². The summed E-state index contributed by atoms with van der Waals surface area (Å²) < 4.78 is 54.2. The molecule has 0 aliphatic carbocycles. The molecule has 13 heteroatoms. The summed E-state index contributed by atoms with van der Waals surface area (Å²) >= 11 is 6.42. The maximum Gasteiger partial charge on any atom is 0.232 e. The van der Waals surface area contributed by atoms with Crippen LogP contribution in [0.15, 0.2) is 48.7 Å². The van der Waals surface area contributed by atoms with Crippen LogP contribution in [-0.4, -0.2) is 101 Å². The zero-order valence-corrected chi connectivity index (χ0v) is 25.6. The average Bonchev–Trinajstić information content (AvgIpc) is 3.02. The number of ether oxygens (including phenoxy) is 1. The van der Waals surface area contributed by atoms with Crippen LogP contribution in [0.5, 0.6) is 5.75 Å². The fourth-order valence-corrected chi connectivity index (χ4v) is 6.01. The van der Waals surface area contributed by atoms with Crippen molar-refractivity contribution in [3.8, 4) is 5.75 Å². The first-order chi connectivity index (χ1) is 21.3. The molecule has 2 fully saturated rings. The summed E-state index contributed by atoms with van der Waals surface area (Å²) in [4.78, 5) is 15.2. The van der Waals surface area contributed by atoms with Crippen LogP contribution in [0, 0.1) is 0 Å². The number of sulfonamides is 1. The number of methoxy groups -OCH3 is 1. The molecule has 2 saturated heterocycles. The van der Waals surface area contributed by atoms with Gasteiger partial charge in [0.1, 0.15) is 10.8 Å². The van der Waals surface area contributed by atoms with Gasteiger partial charge in [0.05, 0.1) is 36.6 Å². The molecule has 42 heavy (non-hydrogen) atoms. The molecule has 5 rings (SSSR count). The Labute approximate surface area is 257 Å². The first kappa shape index (κ1) is 26.3. The summed E-state index contributed by atoms with van der Waals surface area (Å²) in [5.74, 6) is 1.21. The number of rotatable bonds is 9. The smallest absolute Gasteiger partial charge is 0.232 e. The molecule has 2 aliphatic rings. The third-order valence-electron chi connectivity index (χ3n) is 7.83. The third-order valence-corrected chi connectivity index (χ3v) is 9.30. The molecule has 0 atom stereocenters. The van der Waals surface area contributed by atoms with Gasteiger partial charge in [-0.15, -0.1) is 0 Å². The molecule has 2 aliphatic heterocycles. The lowest BCUT2D eigenvalue weighted by molar-refractivity contribution is 0.0982. The molecule has 0 amide bonds. The molecular formula is C29H39ClN8O3S. The topological polar surface area (TPSA) is 106 Å². The van der Waals surface area contributed by atoms with Gasteiger partial charge in [0.25, 0.3) is 0 Å². The fraction of sp³-hybridized carbons (Fsp3) is 0.448. The van der Waals surface area contributed by atoms with Gasteiger partial charge in [-0.1, -0.05) is 23.7 Å². The Morgan fingerprint density at radius 1 is 1.05 bits per heavy atom. The van der Waals surface area contributed by atoms with Crippen LogP contribution in [0.3, 0.4) is 0 Å². The number of benzene rings is 2. The first-order valence-corrected chi connectivity index (χ1v) is 16.1. The number of piperazine rings is 1. The maximum absolute atomic E-state index is 12.2. The van der Waals surface area contributed by atoms with Gasteiger partial charge < -0.3 is 25.2 Å². The second-order valence-electron chi connectivity index (χ2n) is 10.5. The number of hydrogen-bond acceptors (Lipinski definition) is 10. The van der Waals surface area contributed by atoms with Gasteiger partial charge in [-0.2, -0.15) is 4.98 Å². The van der Waals surface area contributed by atoms with Crippen molar-refractivity contribution in [3.05, 3.63) is 53.7 Å². The minimum absolute atomic E-state index is 0.266. The number of piperidine rings is 1. The first-order valence-electron chi connectivity index (χ1n) is 15.3.